The van der Waals surface area contributed by atoms with Crippen LogP contribution in [0.5, 0.6) is 11.5 Å². The molecule has 5 rings (SSSR count). The molecule has 4 aliphatic rings. The molecule has 23 heavy (non-hydrogen) atoms. The molecule has 1 aromatic carbocycles. The van der Waals surface area contributed by atoms with Gasteiger partial charge in [0.15, 0.2) is 11.5 Å². The summed E-state index contributed by atoms with van der Waals surface area (Å²) in [6.45, 7) is 5.42. The van der Waals surface area contributed by atoms with E-state index in [0.29, 0.717) is 18.4 Å². The number of hydrogen-bond donors (Lipinski definition) is 1. The average molecular weight is 316 g/mol. The molecule has 1 N–H and O–H groups in total. The molecule has 0 aliphatic carbocycles. The fourth-order valence-electron chi connectivity index (χ4n) is 3.90. The van der Waals surface area contributed by atoms with Crippen molar-refractivity contribution in [1.29, 1.82) is 0 Å². The lowest BCUT2D eigenvalue weighted by molar-refractivity contribution is -0.122. The van der Waals surface area contributed by atoms with Crippen LogP contribution in [-0.2, 0) is 11.2 Å². The summed E-state index contributed by atoms with van der Waals surface area (Å²) < 4.78 is 11.4. The van der Waals surface area contributed by atoms with Crippen molar-refractivity contribution in [3.63, 3.8) is 0 Å². The molecule has 4 heterocycles. The smallest absolute Gasteiger partial charge is 0.241 e. The number of fused-ring (bicyclic) bond motifs is 4. The Morgan fingerprint density at radius 3 is 2.74 bits per heavy atom. The normalized spacial score (nSPS) is 31.2. The quantitative estimate of drug-likeness (QED) is 0.922. The van der Waals surface area contributed by atoms with E-state index in [2.05, 4.69) is 10.2 Å². The molecule has 3 saturated heterocycles. The number of rotatable bonds is 4. The maximum Gasteiger partial charge on any atom is 0.241 e. The molecule has 1 amide bonds. The molecule has 1 unspecified atom stereocenters. The number of ether oxygens (including phenoxy) is 2. The Balaban J connectivity index is 1.36. The molecule has 0 saturated carbocycles. The number of amides is 1. The highest BCUT2D eigenvalue weighted by Crippen LogP contribution is 2.36. The van der Waals surface area contributed by atoms with E-state index >= 15 is 0 Å². The third-order valence-electron chi connectivity index (χ3n) is 5.23. The second-order valence-electron chi connectivity index (χ2n) is 6.84. The Bertz CT molecular complexity index is 596. The van der Waals surface area contributed by atoms with Crippen molar-refractivity contribution >= 4 is 5.91 Å². The van der Waals surface area contributed by atoms with Crippen molar-refractivity contribution in [3.8, 4) is 11.5 Å². The van der Waals surface area contributed by atoms with Crippen LogP contribution < -0.4 is 14.8 Å². The van der Waals surface area contributed by atoms with Crippen molar-refractivity contribution in [2.75, 3.05) is 19.6 Å². The summed E-state index contributed by atoms with van der Waals surface area (Å²) in [6.07, 6.45) is 3.45. The molecule has 0 aromatic heterocycles. The second kappa shape index (κ2) is 6.04. The highest BCUT2D eigenvalue weighted by atomic mass is 16.7. The highest BCUT2D eigenvalue weighted by Gasteiger charge is 2.34. The van der Waals surface area contributed by atoms with E-state index in [1.54, 1.807) is 0 Å². The van der Waals surface area contributed by atoms with Gasteiger partial charge in [0.2, 0.25) is 12.2 Å². The number of carbonyl (C=O) groups is 1. The minimum absolute atomic E-state index is 0.106. The third-order valence-corrected chi connectivity index (χ3v) is 5.23. The third kappa shape index (κ3) is 3.02. The number of carbonyl (C=O) groups excluding carboxylic acids is 1. The molecule has 124 valence electrons. The lowest BCUT2D eigenvalue weighted by atomic mass is 9.84. The molecule has 3 fully saturated rings. The first-order valence-corrected chi connectivity index (χ1v) is 8.69. The molecule has 4 aliphatic heterocycles. The van der Waals surface area contributed by atoms with Crippen LogP contribution >= 0.6 is 0 Å². The molecule has 1 aromatic rings. The van der Waals surface area contributed by atoms with Crippen LogP contribution in [0.1, 0.15) is 31.7 Å². The first-order chi connectivity index (χ1) is 11.2. The lowest BCUT2D eigenvalue weighted by Crippen LogP contribution is -2.57. The Labute approximate surface area is 136 Å². The number of nitrogens with one attached hydrogen (secondary N) is 1. The van der Waals surface area contributed by atoms with Gasteiger partial charge in [-0.2, -0.15) is 0 Å². The Kier molecular flexibility index (Phi) is 3.89. The van der Waals surface area contributed by atoms with Gasteiger partial charge in [-0.05, 0) is 49.5 Å². The SMILES string of the molecule is CCC1Oc2ccc(CC(=O)N[C@H]3CN4CCC3CC4)cc2O1. The maximum absolute atomic E-state index is 12.4. The van der Waals surface area contributed by atoms with Gasteiger partial charge in [0.05, 0.1) is 6.42 Å². The zero-order valence-corrected chi connectivity index (χ0v) is 13.6. The predicted octanol–water partition coefficient (Wildman–Crippen LogP) is 1.95. The fraction of sp³-hybridized carbons (Fsp3) is 0.611. The van der Waals surface area contributed by atoms with Gasteiger partial charge in [0, 0.05) is 19.0 Å². The molecular formula is C18H24N2O3. The summed E-state index contributed by atoms with van der Waals surface area (Å²) in [5, 5.41) is 3.23. The molecular weight excluding hydrogens is 292 g/mol. The summed E-state index contributed by atoms with van der Waals surface area (Å²) in [6, 6.07) is 6.11. The average Bonchev–Trinajstić information content (AvgIpc) is 2.98. The van der Waals surface area contributed by atoms with E-state index in [1.165, 1.54) is 25.9 Å². The van der Waals surface area contributed by atoms with E-state index in [1.807, 2.05) is 25.1 Å². The van der Waals surface area contributed by atoms with Crippen molar-refractivity contribution in [3.05, 3.63) is 23.8 Å². The van der Waals surface area contributed by atoms with Crippen molar-refractivity contribution in [1.82, 2.24) is 10.2 Å². The minimum Gasteiger partial charge on any atom is -0.451 e. The minimum atomic E-state index is -0.194. The van der Waals surface area contributed by atoms with E-state index in [9.17, 15) is 4.79 Å². The van der Waals surface area contributed by atoms with Gasteiger partial charge in [0.1, 0.15) is 0 Å². The summed E-state index contributed by atoms with van der Waals surface area (Å²) in [5.74, 6) is 2.30. The van der Waals surface area contributed by atoms with Crippen LogP contribution in [0, 0.1) is 5.92 Å². The molecule has 2 atom stereocenters. The van der Waals surface area contributed by atoms with Crippen LogP contribution in [0.4, 0.5) is 0 Å². The van der Waals surface area contributed by atoms with Crippen molar-refractivity contribution < 1.29 is 14.3 Å². The van der Waals surface area contributed by atoms with Crippen molar-refractivity contribution in [2.45, 2.75) is 44.9 Å². The van der Waals surface area contributed by atoms with Gasteiger partial charge in [-0.15, -0.1) is 0 Å². The van der Waals surface area contributed by atoms with Gasteiger partial charge in [-0.1, -0.05) is 13.0 Å². The van der Waals surface area contributed by atoms with Crippen molar-refractivity contribution in [2.24, 2.45) is 5.92 Å². The van der Waals surface area contributed by atoms with E-state index < -0.39 is 0 Å². The van der Waals surface area contributed by atoms with Gasteiger partial charge in [-0.3, -0.25) is 4.79 Å². The summed E-state index contributed by atoms with van der Waals surface area (Å²) >= 11 is 0. The largest absolute Gasteiger partial charge is 0.451 e. The number of piperidine rings is 3. The molecule has 5 heteroatoms. The first-order valence-electron chi connectivity index (χ1n) is 8.69. The van der Waals surface area contributed by atoms with E-state index in [0.717, 1.165) is 30.0 Å². The summed E-state index contributed by atoms with van der Waals surface area (Å²) in [5.41, 5.74) is 0.975. The maximum atomic E-state index is 12.4. The molecule has 0 spiro atoms. The fourth-order valence-corrected chi connectivity index (χ4v) is 3.90. The standard InChI is InChI=1S/C18H24N2O3/c1-2-18-22-15-4-3-12(9-16(15)23-18)10-17(21)19-14-11-20-7-5-13(14)6-8-20/h3-4,9,13-14,18H,2,5-8,10-11H2,1H3,(H,19,21)/t14-,18?/m0/s1. The Morgan fingerprint density at radius 1 is 1.26 bits per heavy atom. The Hall–Kier alpha value is -1.75. The van der Waals surface area contributed by atoms with Gasteiger partial charge >= 0.3 is 0 Å². The van der Waals surface area contributed by atoms with Crippen LogP contribution in [0.3, 0.4) is 0 Å². The van der Waals surface area contributed by atoms with Crippen LogP contribution in [-0.4, -0.2) is 42.8 Å². The van der Waals surface area contributed by atoms with Crippen LogP contribution in [0.25, 0.3) is 0 Å². The lowest BCUT2D eigenvalue weighted by Gasteiger charge is -2.44. The zero-order chi connectivity index (χ0) is 15.8. The predicted molar refractivity (Wildman–Crippen MR) is 86.6 cm³/mol. The topological polar surface area (TPSA) is 50.8 Å². The van der Waals surface area contributed by atoms with Gasteiger partial charge in [0.25, 0.3) is 0 Å². The van der Waals surface area contributed by atoms with E-state index in [4.69, 9.17) is 9.47 Å². The van der Waals surface area contributed by atoms with Crippen LogP contribution in [0.15, 0.2) is 18.2 Å². The molecule has 2 bridgehead atoms. The molecule has 5 nitrogen and oxygen atoms in total. The first kappa shape index (κ1) is 14.8. The van der Waals surface area contributed by atoms with Crippen LogP contribution in [0.2, 0.25) is 0 Å². The number of hydrogen-bond acceptors (Lipinski definition) is 4. The summed E-state index contributed by atoms with van der Waals surface area (Å²) in [7, 11) is 0. The zero-order valence-electron chi connectivity index (χ0n) is 13.6. The van der Waals surface area contributed by atoms with Gasteiger partial charge < -0.3 is 19.7 Å². The van der Waals surface area contributed by atoms with E-state index in [-0.39, 0.29) is 12.2 Å². The second-order valence-corrected chi connectivity index (χ2v) is 6.84. The highest BCUT2D eigenvalue weighted by molar-refractivity contribution is 5.79. The molecule has 0 radical (unpaired) electrons. The Morgan fingerprint density at radius 2 is 2.04 bits per heavy atom. The number of benzene rings is 1. The number of nitrogens with zero attached hydrogens (tertiary/aromatic N) is 1. The van der Waals surface area contributed by atoms with Gasteiger partial charge in [-0.25, -0.2) is 0 Å². The monoisotopic (exact) mass is 316 g/mol. The summed E-state index contributed by atoms with van der Waals surface area (Å²) in [4.78, 5) is 14.8.